The second-order valence-corrected chi connectivity index (χ2v) is 5.08. The maximum absolute atomic E-state index is 13.6. The van der Waals surface area contributed by atoms with Crippen LogP contribution in [0.15, 0.2) is 18.2 Å². The quantitative estimate of drug-likeness (QED) is 0.809. The standard InChI is InChI=1S/C14H18FNO3/c1-7-8(2)19-9(3)13(7)14(18)16-12-5-4-10(17)6-11(12)15/h4-9,13,17H,1-3H3,(H,16,18). The molecule has 1 aliphatic rings. The minimum absolute atomic E-state index is 0.00964. The van der Waals surface area contributed by atoms with Crippen molar-refractivity contribution in [3.8, 4) is 5.75 Å². The number of hydrogen-bond acceptors (Lipinski definition) is 3. The molecule has 1 aliphatic heterocycles. The van der Waals surface area contributed by atoms with Crippen LogP contribution in [0.4, 0.5) is 10.1 Å². The average Bonchev–Trinajstić information content (AvgIpc) is 2.57. The van der Waals surface area contributed by atoms with Crippen LogP contribution in [-0.2, 0) is 9.53 Å². The minimum Gasteiger partial charge on any atom is -0.508 e. The van der Waals surface area contributed by atoms with Gasteiger partial charge < -0.3 is 15.2 Å². The average molecular weight is 267 g/mol. The maximum Gasteiger partial charge on any atom is 0.230 e. The third-order valence-electron chi connectivity index (χ3n) is 3.76. The molecule has 104 valence electrons. The summed E-state index contributed by atoms with van der Waals surface area (Å²) in [7, 11) is 0. The lowest BCUT2D eigenvalue weighted by molar-refractivity contribution is -0.122. The summed E-state index contributed by atoms with van der Waals surface area (Å²) in [5.74, 6) is -1.30. The van der Waals surface area contributed by atoms with E-state index in [1.807, 2.05) is 20.8 Å². The Morgan fingerprint density at radius 1 is 1.32 bits per heavy atom. The van der Waals surface area contributed by atoms with Crippen LogP contribution in [0.3, 0.4) is 0 Å². The number of rotatable bonds is 2. The zero-order valence-electron chi connectivity index (χ0n) is 11.2. The molecule has 1 saturated heterocycles. The van der Waals surface area contributed by atoms with Crippen LogP contribution in [-0.4, -0.2) is 23.2 Å². The molecule has 4 unspecified atom stereocenters. The van der Waals surface area contributed by atoms with Crippen molar-refractivity contribution in [1.29, 1.82) is 0 Å². The van der Waals surface area contributed by atoms with Gasteiger partial charge in [0.1, 0.15) is 11.6 Å². The smallest absolute Gasteiger partial charge is 0.230 e. The maximum atomic E-state index is 13.6. The van der Waals surface area contributed by atoms with Crippen molar-refractivity contribution >= 4 is 11.6 Å². The first-order valence-corrected chi connectivity index (χ1v) is 6.35. The first kappa shape index (κ1) is 13.8. The zero-order chi connectivity index (χ0) is 14.2. The number of carbonyl (C=O) groups excluding carboxylic acids is 1. The van der Waals surface area contributed by atoms with Crippen molar-refractivity contribution < 1.29 is 19.0 Å². The summed E-state index contributed by atoms with van der Waals surface area (Å²) in [4.78, 5) is 12.2. The predicted molar refractivity (Wildman–Crippen MR) is 69.4 cm³/mol. The Morgan fingerprint density at radius 3 is 2.53 bits per heavy atom. The largest absolute Gasteiger partial charge is 0.508 e. The molecule has 0 aromatic heterocycles. The van der Waals surface area contributed by atoms with E-state index in [1.165, 1.54) is 12.1 Å². The monoisotopic (exact) mass is 267 g/mol. The Balaban J connectivity index is 2.13. The molecule has 0 bridgehead atoms. The SMILES string of the molecule is CC1OC(C)C(C(=O)Nc2ccc(O)cc2F)C1C. The molecule has 2 N–H and O–H groups in total. The highest BCUT2D eigenvalue weighted by molar-refractivity contribution is 5.93. The topological polar surface area (TPSA) is 58.6 Å². The number of nitrogens with one attached hydrogen (secondary N) is 1. The highest BCUT2D eigenvalue weighted by atomic mass is 19.1. The number of carbonyl (C=O) groups is 1. The number of phenolic OH excluding ortho intramolecular Hbond substituents is 1. The molecule has 4 atom stereocenters. The first-order chi connectivity index (χ1) is 8.90. The van der Waals surface area contributed by atoms with Gasteiger partial charge in [0.15, 0.2) is 0 Å². The Bertz CT molecular complexity index is 492. The molecule has 0 aliphatic carbocycles. The van der Waals surface area contributed by atoms with E-state index in [2.05, 4.69) is 5.32 Å². The van der Waals surface area contributed by atoms with E-state index in [4.69, 9.17) is 9.84 Å². The van der Waals surface area contributed by atoms with E-state index in [-0.39, 0.29) is 41.4 Å². The molecule has 5 heteroatoms. The predicted octanol–water partition coefficient (Wildman–Crippen LogP) is 2.53. The first-order valence-electron chi connectivity index (χ1n) is 6.35. The van der Waals surface area contributed by atoms with Gasteiger partial charge in [0, 0.05) is 6.07 Å². The second kappa shape index (κ2) is 5.17. The molecule has 19 heavy (non-hydrogen) atoms. The third kappa shape index (κ3) is 2.71. The van der Waals surface area contributed by atoms with Crippen LogP contribution in [0.25, 0.3) is 0 Å². The Hall–Kier alpha value is -1.62. The lowest BCUT2D eigenvalue weighted by Crippen LogP contribution is -2.32. The van der Waals surface area contributed by atoms with Crippen LogP contribution < -0.4 is 5.32 Å². The van der Waals surface area contributed by atoms with Crippen LogP contribution in [0, 0.1) is 17.7 Å². The van der Waals surface area contributed by atoms with E-state index >= 15 is 0 Å². The summed E-state index contributed by atoms with van der Waals surface area (Å²) in [6.45, 7) is 5.72. The summed E-state index contributed by atoms with van der Waals surface area (Å²) >= 11 is 0. The fraction of sp³-hybridized carbons (Fsp3) is 0.500. The van der Waals surface area contributed by atoms with Gasteiger partial charge in [0.25, 0.3) is 0 Å². The van der Waals surface area contributed by atoms with Gasteiger partial charge in [-0.15, -0.1) is 0 Å². The van der Waals surface area contributed by atoms with Crippen LogP contribution in [0.2, 0.25) is 0 Å². The van der Waals surface area contributed by atoms with Crippen molar-refractivity contribution in [2.24, 2.45) is 11.8 Å². The molecule has 4 nitrogen and oxygen atoms in total. The Morgan fingerprint density at radius 2 is 2.00 bits per heavy atom. The van der Waals surface area contributed by atoms with Gasteiger partial charge in [-0.25, -0.2) is 4.39 Å². The van der Waals surface area contributed by atoms with Gasteiger partial charge in [-0.3, -0.25) is 4.79 Å². The Kier molecular flexibility index (Phi) is 3.75. The third-order valence-corrected chi connectivity index (χ3v) is 3.76. The van der Waals surface area contributed by atoms with Crippen molar-refractivity contribution in [2.45, 2.75) is 33.0 Å². The molecule has 1 aromatic carbocycles. The second-order valence-electron chi connectivity index (χ2n) is 5.08. The zero-order valence-corrected chi connectivity index (χ0v) is 11.2. The number of anilines is 1. The lowest BCUT2D eigenvalue weighted by Gasteiger charge is -2.18. The van der Waals surface area contributed by atoms with Gasteiger partial charge in [-0.2, -0.15) is 0 Å². The molecular formula is C14H18FNO3. The van der Waals surface area contributed by atoms with E-state index in [0.29, 0.717) is 0 Å². The van der Waals surface area contributed by atoms with Crippen molar-refractivity contribution in [3.05, 3.63) is 24.0 Å². The number of phenols is 1. The molecule has 0 spiro atoms. The normalized spacial score (nSPS) is 30.3. The molecule has 2 rings (SSSR count). The fourth-order valence-electron chi connectivity index (χ4n) is 2.54. The summed E-state index contributed by atoms with van der Waals surface area (Å²) in [5, 5.41) is 11.7. The van der Waals surface area contributed by atoms with E-state index in [9.17, 15) is 9.18 Å². The van der Waals surface area contributed by atoms with Gasteiger partial charge >= 0.3 is 0 Å². The number of benzene rings is 1. The van der Waals surface area contributed by atoms with Gasteiger partial charge in [0.2, 0.25) is 5.91 Å². The molecule has 1 amide bonds. The molecule has 0 radical (unpaired) electrons. The summed E-state index contributed by atoms with van der Waals surface area (Å²) < 4.78 is 19.2. The lowest BCUT2D eigenvalue weighted by atomic mass is 9.89. The molecule has 1 heterocycles. The number of halogens is 1. The highest BCUT2D eigenvalue weighted by Crippen LogP contribution is 2.33. The summed E-state index contributed by atoms with van der Waals surface area (Å²) in [6.07, 6.45) is -0.180. The molecular weight excluding hydrogens is 249 g/mol. The highest BCUT2D eigenvalue weighted by Gasteiger charge is 2.41. The van der Waals surface area contributed by atoms with Gasteiger partial charge in [0.05, 0.1) is 23.8 Å². The van der Waals surface area contributed by atoms with Crippen LogP contribution >= 0.6 is 0 Å². The summed E-state index contributed by atoms with van der Waals surface area (Å²) in [5.41, 5.74) is 0.0711. The number of ether oxygens (including phenoxy) is 1. The van der Waals surface area contributed by atoms with Crippen LogP contribution in [0.5, 0.6) is 5.75 Å². The van der Waals surface area contributed by atoms with Crippen molar-refractivity contribution in [3.63, 3.8) is 0 Å². The fourth-order valence-corrected chi connectivity index (χ4v) is 2.54. The Labute approximate surface area is 111 Å². The van der Waals surface area contributed by atoms with Crippen molar-refractivity contribution in [1.82, 2.24) is 0 Å². The number of amides is 1. The van der Waals surface area contributed by atoms with E-state index < -0.39 is 5.82 Å². The number of hydrogen-bond donors (Lipinski definition) is 2. The minimum atomic E-state index is -0.652. The molecule has 1 fully saturated rings. The van der Waals surface area contributed by atoms with Crippen LogP contribution in [0.1, 0.15) is 20.8 Å². The van der Waals surface area contributed by atoms with Gasteiger partial charge in [-0.05, 0) is 31.9 Å². The van der Waals surface area contributed by atoms with E-state index in [1.54, 1.807) is 0 Å². The molecule has 0 saturated carbocycles. The number of aromatic hydroxyl groups is 1. The van der Waals surface area contributed by atoms with E-state index in [0.717, 1.165) is 6.07 Å². The van der Waals surface area contributed by atoms with Gasteiger partial charge in [-0.1, -0.05) is 6.92 Å². The molecule has 1 aromatic rings. The summed E-state index contributed by atoms with van der Waals surface area (Å²) in [6, 6.07) is 3.65. The van der Waals surface area contributed by atoms with Crippen molar-refractivity contribution in [2.75, 3.05) is 5.32 Å².